The van der Waals surface area contributed by atoms with Crippen molar-refractivity contribution in [2.75, 3.05) is 26.8 Å². The molecular weight excluding hydrogens is 468 g/mol. The number of hydroxylamine groups is 1. The Bertz CT molecular complexity index is 1110. The van der Waals surface area contributed by atoms with Gasteiger partial charge in [-0.05, 0) is 62.9 Å². The molecule has 0 aliphatic heterocycles. The van der Waals surface area contributed by atoms with Crippen molar-refractivity contribution in [3.8, 4) is 11.5 Å². The summed E-state index contributed by atoms with van der Waals surface area (Å²) in [5.74, 6) is 1.08. The lowest BCUT2D eigenvalue weighted by atomic mass is 10.1. The molecule has 0 spiro atoms. The Morgan fingerprint density at radius 3 is 2.34 bits per heavy atom. The molecule has 0 heterocycles. The summed E-state index contributed by atoms with van der Waals surface area (Å²) >= 11 is 5.77. The molecule has 3 rings (SSSR count). The minimum absolute atomic E-state index is 0.0305. The van der Waals surface area contributed by atoms with Crippen LogP contribution in [0.15, 0.2) is 60.7 Å². The van der Waals surface area contributed by atoms with Gasteiger partial charge in [0.05, 0.1) is 7.11 Å². The van der Waals surface area contributed by atoms with Gasteiger partial charge in [-0.2, -0.15) is 0 Å². The number of likely N-dealkylation sites (N-methyl/N-ethyl adjacent to an activating group) is 1. The largest absolute Gasteiger partial charge is 0.483 e. The van der Waals surface area contributed by atoms with E-state index in [0.717, 1.165) is 22.1 Å². The maximum atomic E-state index is 12.2. The van der Waals surface area contributed by atoms with Crippen LogP contribution >= 0.6 is 11.6 Å². The van der Waals surface area contributed by atoms with Gasteiger partial charge in [-0.25, -0.2) is 5.48 Å². The minimum Gasteiger partial charge on any atom is -0.483 e. The number of benzene rings is 3. The number of fused-ring (bicyclic) bond motifs is 1. The highest BCUT2D eigenvalue weighted by atomic mass is 35.5. The number of rotatable bonds is 9. The second-order valence-electron chi connectivity index (χ2n) is 7.68. The van der Waals surface area contributed by atoms with Crippen LogP contribution < -0.4 is 15.0 Å². The Balaban J connectivity index is 0.000000258. The maximum absolute atomic E-state index is 12.2. The summed E-state index contributed by atoms with van der Waals surface area (Å²) in [6.45, 7) is 8.95. The average Bonchev–Trinajstić information content (AvgIpc) is 2.85. The van der Waals surface area contributed by atoms with Gasteiger partial charge in [-0.15, -0.1) is 0 Å². The number of aryl methyl sites for hydroxylation is 1. The topological polar surface area (TPSA) is 77.1 Å². The molecule has 0 aliphatic carbocycles. The number of carbonyl (C=O) groups is 2. The highest BCUT2D eigenvalue weighted by Gasteiger charge is 2.20. The molecule has 0 aromatic heterocycles. The van der Waals surface area contributed by atoms with Gasteiger partial charge in [0.15, 0.2) is 12.7 Å². The van der Waals surface area contributed by atoms with Crippen molar-refractivity contribution < 1.29 is 23.9 Å². The first-order chi connectivity index (χ1) is 16.8. The summed E-state index contributed by atoms with van der Waals surface area (Å²) < 4.78 is 11.1. The first kappa shape index (κ1) is 28.0. The SMILES string of the molecule is CCN(CC)C(=O)C(C)Oc1cccc2ccccc12.CONC(=O)COc1ccc(Cl)cc1C. The molecule has 3 aromatic carbocycles. The van der Waals surface area contributed by atoms with Crippen LogP contribution in [0.25, 0.3) is 10.8 Å². The molecule has 35 heavy (non-hydrogen) atoms. The van der Waals surface area contributed by atoms with E-state index in [0.29, 0.717) is 23.9 Å². The van der Waals surface area contributed by atoms with E-state index in [1.54, 1.807) is 23.1 Å². The summed E-state index contributed by atoms with van der Waals surface area (Å²) in [4.78, 5) is 29.5. The molecule has 8 heteroatoms. The number of hydrogen-bond donors (Lipinski definition) is 1. The van der Waals surface area contributed by atoms with Crippen LogP contribution in [-0.4, -0.2) is 49.6 Å². The Hall–Kier alpha value is -3.29. The number of nitrogens with zero attached hydrogens (tertiary/aromatic N) is 1. The van der Waals surface area contributed by atoms with Gasteiger partial charge in [-0.3, -0.25) is 14.4 Å². The fourth-order valence-electron chi connectivity index (χ4n) is 3.39. The van der Waals surface area contributed by atoms with Crippen molar-refractivity contribution in [1.82, 2.24) is 10.4 Å². The minimum atomic E-state index is -0.472. The molecular formula is C27H33ClN2O5. The highest BCUT2D eigenvalue weighted by molar-refractivity contribution is 6.30. The van der Waals surface area contributed by atoms with Crippen molar-refractivity contribution in [3.05, 3.63) is 71.2 Å². The summed E-state index contributed by atoms with van der Waals surface area (Å²) in [6.07, 6.45) is -0.472. The van der Waals surface area contributed by atoms with Gasteiger partial charge in [0, 0.05) is 23.5 Å². The fourth-order valence-corrected chi connectivity index (χ4v) is 3.62. The summed E-state index contributed by atoms with van der Waals surface area (Å²) in [6, 6.07) is 19.1. The van der Waals surface area contributed by atoms with Gasteiger partial charge in [0.25, 0.3) is 11.8 Å². The maximum Gasteiger partial charge on any atom is 0.281 e. The van der Waals surface area contributed by atoms with Crippen molar-refractivity contribution in [3.63, 3.8) is 0 Å². The van der Waals surface area contributed by atoms with Gasteiger partial charge in [-0.1, -0.05) is 48.0 Å². The Labute approximate surface area is 211 Å². The van der Waals surface area contributed by atoms with Crippen LogP contribution in [0.3, 0.4) is 0 Å². The highest BCUT2D eigenvalue weighted by Crippen LogP contribution is 2.26. The third kappa shape index (κ3) is 8.46. The molecule has 0 aliphatic rings. The average molecular weight is 501 g/mol. The van der Waals surface area contributed by atoms with Crippen LogP contribution in [0.4, 0.5) is 0 Å². The zero-order chi connectivity index (χ0) is 25.8. The van der Waals surface area contributed by atoms with E-state index in [2.05, 4.69) is 10.3 Å². The van der Waals surface area contributed by atoms with Crippen molar-refractivity contribution in [2.24, 2.45) is 0 Å². The van der Waals surface area contributed by atoms with E-state index >= 15 is 0 Å². The summed E-state index contributed by atoms with van der Waals surface area (Å²) in [5, 5.41) is 2.79. The molecule has 1 atom stereocenters. The van der Waals surface area contributed by atoms with Crippen LogP contribution in [0.5, 0.6) is 11.5 Å². The van der Waals surface area contributed by atoms with Crippen molar-refractivity contribution in [1.29, 1.82) is 0 Å². The van der Waals surface area contributed by atoms with Crippen LogP contribution in [0, 0.1) is 6.92 Å². The van der Waals surface area contributed by atoms with E-state index in [1.165, 1.54) is 7.11 Å². The molecule has 1 unspecified atom stereocenters. The molecule has 3 aromatic rings. The molecule has 0 fully saturated rings. The zero-order valence-electron chi connectivity index (χ0n) is 20.8. The van der Waals surface area contributed by atoms with Gasteiger partial charge >= 0.3 is 0 Å². The number of nitrogens with one attached hydrogen (secondary N) is 1. The van der Waals surface area contributed by atoms with E-state index in [1.807, 2.05) is 70.2 Å². The first-order valence-corrected chi connectivity index (χ1v) is 11.8. The predicted octanol–water partition coefficient (Wildman–Crippen LogP) is 5.18. The van der Waals surface area contributed by atoms with E-state index in [4.69, 9.17) is 21.1 Å². The third-order valence-corrected chi connectivity index (χ3v) is 5.42. The van der Waals surface area contributed by atoms with Crippen molar-refractivity contribution in [2.45, 2.75) is 33.8 Å². The number of carbonyl (C=O) groups excluding carboxylic acids is 2. The van der Waals surface area contributed by atoms with E-state index in [-0.39, 0.29) is 18.4 Å². The molecule has 0 radical (unpaired) electrons. The second-order valence-corrected chi connectivity index (χ2v) is 8.11. The van der Waals surface area contributed by atoms with Crippen LogP contribution in [-0.2, 0) is 14.4 Å². The van der Waals surface area contributed by atoms with Crippen LogP contribution in [0.2, 0.25) is 5.02 Å². The Morgan fingerprint density at radius 2 is 1.69 bits per heavy atom. The van der Waals surface area contributed by atoms with Gasteiger partial charge in [0.2, 0.25) is 0 Å². The lowest BCUT2D eigenvalue weighted by molar-refractivity contribution is -0.137. The normalized spacial score (nSPS) is 11.1. The lowest BCUT2D eigenvalue weighted by Gasteiger charge is -2.23. The quantitative estimate of drug-likeness (QED) is 0.410. The molecule has 188 valence electrons. The molecule has 1 N–H and O–H groups in total. The smallest absolute Gasteiger partial charge is 0.281 e. The molecule has 7 nitrogen and oxygen atoms in total. The molecule has 0 bridgehead atoms. The van der Waals surface area contributed by atoms with Gasteiger partial charge < -0.3 is 14.4 Å². The summed E-state index contributed by atoms with van der Waals surface area (Å²) in [5.41, 5.74) is 3.04. The third-order valence-electron chi connectivity index (χ3n) is 5.19. The number of amides is 2. The molecule has 2 amide bonds. The lowest BCUT2D eigenvalue weighted by Crippen LogP contribution is -2.40. The van der Waals surface area contributed by atoms with Crippen LogP contribution in [0.1, 0.15) is 26.3 Å². The first-order valence-electron chi connectivity index (χ1n) is 11.4. The monoisotopic (exact) mass is 500 g/mol. The fraction of sp³-hybridized carbons (Fsp3) is 0.333. The number of ether oxygens (including phenoxy) is 2. The van der Waals surface area contributed by atoms with E-state index in [9.17, 15) is 9.59 Å². The number of halogens is 1. The second kappa shape index (κ2) is 14.2. The zero-order valence-corrected chi connectivity index (χ0v) is 21.6. The standard InChI is InChI=1S/C17H21NO2.C10H12ClNO3/c1-4-18(5-2)17(19)13(3)20-16-12-8-10-14-9-6-7-11-15(14)16;1-7-5-8(11)3-4-9(7)15-6-10(13)12-14-2/h6-13H,4-5H2,1-3H3;3-5H,6H2,1-2H3,(H,12,13). The van der Waals surface area contributed by atoms with Gasteiger partial charge in [0.1, 0.15) is 11.5 Å². The molecule has 0 saturated heterocycles. The Kier molecular flexibility index (Phi) is 11.3. The predicted molar refractivity (Wildman–Crippen MR) is 139 cm³/mol. The van der Waals surface area contributed by atoms with E-state index < -0.39 is 6.10 Å². The summed E-state index contributed by atoms with van der Waals surface area (Å²) in [7, 11) is 1.37. The Morgan fingerprint density at radius 1 is 1.00 bits per heavy atom. The number of hydrogen-bond acceptors (Lipinski definition) is 5. The molecule has 0 saturated carbocycles. The van der Waals surface area contributed by atoms with Crippen molar-refractivity contribution >= 4 is 34.2 Å².